The highest BCUT2D eigenvalue weighted by Crippen LogP contribution is 2.40. The molecule has 2 heteroatoms. The number of carbonyl (C=O) groups excluding carboxylic acids is 1. The fraction of sp³-hybridized carbons (Fsp3) is 0.235. The molecule has 1 aliphatic heterocycles. The van der Waals surface area contributed by atoms with Crippen LogP contribution in [0.25, 0.3) is 0 Å². The van der Waals surface area contributed by atoms with Crippen molar-refractivity contribution in [3.05, 3.63) is 64.6 Å². The summed E-state index contributed by atoms with van der Waals surface area (Å²) in [7, 11) is 0. The van der Waals surface area contributed by atoms with E-state index in [9.17, 15) is 4.79 Å². The van der Waals surface area contributed by atoms with Crippen LogP contribution in [-0.2, 0) is 0 Å². The Balaban J connectivity index is 1.92. The van der Waals surface area contributed by atoms with Gasteiger partial charge in [0, 0.05) is 10.5 Å². The van der Waals surface area contributed by atoms with Crippen molar-refractivity contribution in [2.24, 2.45) is 5.92 Å². The van der Waals surface area contributed by atoms with Crippen molar-refractivity contribution in [1.29, 1.82) is 0 Å². The third-order valence-electron chi connectivity index (χ3n) is 3.63. The summed E-state index contributed by atoms with van der Waals surface area (Å²) in [5.41, 5.74) is 2.11. The average molecular weight is 268 g/mol. The summed E-state index contributed by atoms with van der Waals surface area (Å²) in [6.45, 7) is 2.23. The van der Waals surface area contributed by atoms with Crippen LogP contribution in [0.4, 0.5) is 0 Å². The second kappa shape index (κ2) is 5.22. The lowest BCUT2D eigenvalue weighted by Crippen LogP contribution is -1.99. The van der Waals surface area contributed by atoms with Crippen LogP contribution in [0.5, 0.6) is 0 Å². The molecule has 1 heterocycles. The molecule has 1 aliphatic carbocycles. The van der Waals surface area contributed by atoms with E-state index in [0.29, 0.717) is 5.92 Å². The SMILES string of the molecule is CC1CCC=CC=C1/C=C1\Sc2ccccc2C1=O. The summed E-state index contributed by atoms with van der Waals surface area (Å²) >= 11 is 1.59. The Hall–Kier alpha value is -1.54. The number of hydrogen-bond acceptors (Lipinski definition) is 2. The third kappa shape index (κ3) is 2.45. The number of thioether (sulfide) groups is 1. The summed E-state index contributed by atoms with van der Waals surface area (Å²) in [5, 5.41) is 0. The maximum atomic E-state index is 12.3. The van der Waals surface area contributed by atoms with Gasteiger partial charge in [0.2, 0.25) is 5.78 Å². The number of ketones is 1. The van der Waals surface area contributed by atoms with E-state index in [1.165, 1.54) is 5.57 Å². The van der Waals surface area contributed by atoms with Gasteiger partial charge < -0.3 is 0 Å². The maximum absolute atomic E-state index is 12.3. The minimum Gasteiger partial charge on any atom is -0.288 e. The monoisotopic (exact) mass is 268 g/mol. The number of carbonyl (C=O) groups is 1. The van der Waals surface area contributed by atoms with E-state index in [1.54, 1.807) is 11.8 Å². The molecular formula is C17H16OS. The lowest BCUT2D eigenvalue weighted by atomic mass is 9.96. The first kappa shape index (κ1) is 12.5. The molecule has 96 valence electrons. The molecule has 1 aromatic rings. The van der Waals surface area contributed by atoms with Gasteiger partial charge >= 0.3 is 0 Å². The predicted molar refractivity (Wildman–Crippen MR) is 80.3 cm³/mol. The highest BCUT2D eigenvalue weighted by Gasteiger charge is 2.25. The number of hydrogen-bond donors (Lipinski definition) is 0. The van der Waals surface area contributed by atoms with E-state index in [-0.39, 0.29) is 5.78 Å². The van der Waals surface area contributed by atoms with Crippen LogP contribution in [0.15, 0.2) is 63.9 Å². The molecule has 0 saturated heterocycles. The Morgan fingerprint density at radius 3 is 3.00 bits per heavy atom. The molecule has 19 heavy (non-hydrogen) atoms. The maximum Gasteiger partial charge on any atom is 0.200 e. The largest absolute Gasteiger partial charge is 0.288 e. The van der Waals surface area contributed by atoms with Crippen LogP contribution in [0.3, 0.4) is 0 Å². The summed E-state index contributed by atoms with van der Waals surface area (Å²) in [4.78, 5) is 14.3. The standard InChI is InChI=1S/C17H16OS/c1-12-7-3-2-4-8-13(12)11-16-17(18)14-9-5-6-10-15(14)19-16/h2,4-6,8-12H,3,7H2,1H3/b16-11-. The first-order valence-electron chi connectivity index (χ1n) is 6.65. The van der Waals surface area contributed by atoms with E-state index < -0.39 is 0 Å². The van der Waals surface area contributed by atoms with Crippen molar-refractivity contribution in [3.63, 3.8) is 0 Å². The smallest absolute Gasteiger partial charge is 0.200 e. The van der Waals surface area contributed by atoms with Gasteiger partial charge in [-0.3, -0.25) is 4.79 Å². The molecule has 1 nitrogen and oxygen atoms in total. The molecule has 0 saturated carbocycles. The van der Waals surface area contributed by atoms with Gasteiger partial charge in [0.1, 0.15) is 0 Å². The first-order chi connectivity index (χ1) is 9.25. The van der Waals surface area contributed by atoms with Crippen LogP contribution >= 0.6 is 11.8 Å². The van der Waals surface area contributed by atoms with Crippen LogP contribution in [0.2, 0.25) is 0 Å². The summed E-state index contributed by atoms with van der Waals surface area (Å²) < 4.78 is 0. The Labute approximate surface area is 118 Å². The second-order valence-electron chi connectivity index (χ2n) is 5.01. The molecule has 0 fully saturated rings. The van der Waals surface area contributed by atoms with Gasteiger partial charge in [-0.05, 0) is 42.5 Å². The molecule has 0 spiro atoms. The summed E-state index contributed by atoms with van der Waals surface area (Å²) in [6.07, 6.45) is 10.8. The molecule has 0 amide bonds. The van der Waals surface area contributed by atoms with Gasteiger partial charge in [0.15, 0.2) is 0 Å². The van der Waals surface area contributed by atoms with Crippen molar-refractivity contribution in [2.75, 3.05) is 0 Å². The number of Topliss-reactive ketones (excluding diaryl/α,β-unsaturated/α-hetero) is 1. The molecule has 1 atom stereocenters. The summed E-state index contributed by atoms with van der Waals surface area (Å²) in [5.74, 6) is 0.682. The van der Waals surface area contributed by atoms with Crippen molar-refractivity contribution < 1.29 is 4.79 Å². The van der Waals surface area contributed by atoms with E-state index in [1.807, 2.05) is 24.3 Å². The zero-order valence-electron chi connectivity index (χ0n) is 10.9. The van der Waals surface area contributed by atoms with Crippen molar-refractivity contribution in [2.45, 2.75) is 24.7 Å². The molecule has 1 unspecified atom stereocenters. The number of benzene rings is 1. The summed E-state index contributed by atoms with van der Waals surface area (Å²) in [6, 6.07) is 7.84. The molecule has 0 bridgehead atoms. The Kier molecular flexibility index (Phi) is 3.43. The molecule has 3 rings (SSSR count). The normalized spacial score (nSPS) is 24.3. The van der Waals surface area contributed by atoms with E-state index >= 15 is 0 Å². The van der Waals surface area contributed by atoms with Crippen molar-refractivity contribution in [1.82, 2.24) is 0 Å². The molecular weight excluding hydrogens is 252 g/mol. The second-order valence-corrected chi connectivity index (χ2v) is 6.09. The van der Waals surface area contributed by atoms with E-state index in [0.717, 1.165) is 28.2 Å². The van der Waals surface area contributed by atoms with Crippen LogP contribution in [-0.4, -0.2) is 5.78 Å². The van der Waals surface area contributed by atoms with Crippen molar-refractivity contribution >= 4 is 17.5 Å². The average Bonchev–Trinajstić information content (AvgIpc) is 2.59. The highest BCUT2D eigenvalue weighted by molar-refractivity contribution is 8.04. The lowest BCUT2D eigenvalue weighted by molar-refractivity contribution is 0.104. The van der Waals surface area contributed by atoms with Crippen molar-refractivity contribution in [3.8, 4) is 0 Å². The quantitative estimate of drug-likeness (QED) is 0.682. The zero-order chi connectivity index (χ0) is 13.2. The van der Waals surface area contributed by atoms with Gasteiger partial charge in [-0.2, -0.15) is 0 Å². The van der Waals surface area contributed by atoms with Gasteiger partial charge in [-0.15, -0.1) is 0 Å². The molecule has 0 aromatic heterocycles. The zero-order valence-corrected chi connectivity index (χ0v) is 11.7. The Morgan fingerprint density at radius 2 is 2.16 bits per heavy atom. The van der Waals surface area contributed by atoms with Gasteiger partial charge in [0.05, 0.1) is 4.91 Å². The van der Waals surface area contributed by atoms with Gasteiger partial charge in [-0.25, -0.2) is 0 Å². The first-order valence-corrected chi connectivity index (χ1v) is 7.47. The molecule has 0 N–H and O–H groups in total. The number of fused-ring (bicyclic) bond motifs is 1. The lowest BCUT2D eigenvalue weighted by Gasteiger charge is -2.10. The molecule has 1 aromatic carbocycles. The topological polar surface area (TPSA) is 17.1 Å². The Bertz CT molecular complexity index is 607. The Morgan fingerprint density at radius 1 is 1.32 bits per heavy atom. The van der Waals surface area contributed by atoms with E-state index in [2.05, 4.69) is 31.2 Å². The number of rotatable bonds is 1. The fourth-order valence-electron chi connectivity index (χ4n) is 2.43. The van der Waals surface area contributed by atoms with Gasteiger partial charge in [-0.1, -0.05) is 49.0 Å². The van der Waals surface area contributed by atoms with Gasteiger partial charge in [0.25, 0.3) is 0 Å². The third-order valence-corrected chi connectivity index (χ3v) is 4.73. The van der Waals surface area contributed by atoms with Crippen LogP contribution in [0.1, 0.15) is 30.1 Å². The van der Waals surface area contributed by atoms with E-state index in [4.69, 9.17) is 0 Å². The number of allylic oxidation sites excluding steroid dienone is 6. The fourth-order valence-corrected chi connectivity index (χ4v) is 3.48. The minimum atomic E-state index is 0.168. The van der Waals surface area contributed by atoms with Crippen LogP contribution in [0, 0.1) is 5.92 Å². The minimum absolute atomic E-state index is 0.168. The molecule has 0 radical (unpaired) electrons. The highest BCUT2D eigenvalue weighted by atomic mass is 32.2. The predicted octanol–water partition coefficient (Wildman–Crippen LogP) is 4.77. The van der Waals surface area contributed by atoms with Crippen LogP contribution < -0.4 is 0 Å². The molecule has 2 aliphatic rings.